The average Bonchev–Trinajstić information content (AvgIpc) is 3.16. The summed E-state index contributed by atoms with van der Waals surface area (Å²) in [6, 6.07) is -0.227. The molecule has 0 bridgehead atoms. The van der Waals surface area contributed by atoms with Crippen molar-refractivity contribution in [3.8, 4) is 0 Å². The van der Waals surface area contributed by atoms with Gasteiger partial charge < -0.3 is 20.1 Å². The predicted octanol–water partition coefficient (Wildman–Crippen LogP) is 2.32. The zero-order valence-corrected chi connectivity index (χ0v) is 14.8. The molecule has 0 aliphatic rings. The monoisotopic (exact) mass is 337 g/mol. The number of nitrogens with one attached hydrogen (secondary N) is 2. The Morgan fingerprint density at radius 3 is 2.61 bits per heavy atom. The SMILES string of the molecule is CCc1noc(CC)c1CNC(=O)NCc1csc(N(C)C)n1. The molecule has 126 valence electrons. The largest absolute Gasteiger partial charge is 0.361 e. The Labute approximate surface area is 140 Å². The summed E-state index contributed by atoms with van der Waals surface area (Å²) in [7, 11) is 3.89. The molecule has 8 heteroatoms. The fraction of sp³-hybridized carbons (Fsp3) is 0.533. The van der Waals surface area contributed by atoms with Crippen molar-refractivity contribution in [3.05, 3.63) is 28.1 Å². The number of hydrogen-bond donors (Lipinski definition) is 2. The van der Waals surface area contributed by atoms with Gasteiger partial charge >= 0.3 is 6.03 Å². The van der Waals surface area contributed by atoms with Gasteiger partial charge in [-0.25, -0.2) is 9.78 Å². The van der Waals surface area contributed by atoms with Gasteiger partial charge in [-0.3, -0.25) is 0 Å². The van der Waals surface area contributed by atoms with Crippen molar-refractivity contribution in [3.63, 3.8) is 0 Å². The van der Waals surface area contributed by atoms with Crippen LogP contribution in [0.5, 0.6) is 0 Å². The summed E-state index contributed by atoms with van der Waals surface area (Å²) in [6.07, 6.45) is 1.55. The second-order valence-corrected chi connectivity index (χ2v) is 6.13. The summed E-state index contributed by atoms with van der Waals surface area (Å²) >= 11 is 1.55. The van der Waals surface area contributed by atoms with Gasteiger partial charge in [0.2, 0.25) is 0 Å². The van der Waals surface area contributed by atoms with Crippen molar-refractivity contribution in [2.24, 2.45) is 0 Å². The molecule has 0 saturated carbocycles. The molecule has 0 unspecified atom stereocenters. The van der Waals surface area contributed by atoms with E-state index < -0.39 is 0 Å². The predicted molar refractivity (Wildman–Crippen MR) is 90.8 cm³/mol. The molecule has 23 heavy (non-hydrogen) atoms. The molecule has 2 aromatic heterocycles. The van der Waals surface area contributed by atoms with Crippen LogP contribution in [-0.2, 0) is 25.9 Å². The number of hydrogen-bond acceptors (Lipinski definition) is 6. The number of thiazole rings is 1. The maximum Gasteiger partial charge on any atom is 0.315 e. The highest BCUT2D eigenvalue weighted by atomic mass is 32.1. The zero-order valence-electron chi connectivity index (χ0n) is 14.0. The second-order valence-electron chi connectivity index (χ2n) is 5.29. The molecule has 0 radical (unpaired) electrons. The standard InChI is InChI=1S/C15H23N5O2S/c1-5-12-11(13(6-2)22-19-12)8-17-14(21)16-7-10-9-23-15(18-10)20(3)4/h9H,5-8H2,1-4H3,(H2,16,17,21). The Morgan fingerprint density at radius 1 is 1.26 bits per heavy atom. The molecule has 0 spiro atoms. The van der Waals surface area contributed by atoms with Crippen molar-refractivity contribution in [2.45, 2.75) is 39.8 Å². The Balaban J connectivity index is 1.84. The lowest BCUT2D eigenvalue weighted by Gasteiger charge is -2.08. The Kier molecular flexibility index (Phi) is 5.97. The molecule has 0 aromatic carbocycles. The Bertz CT molecular complexity index is 629. The van der Waals surface area contributed by atoms with Crippen LogP contribution in [0.2, 0.25) is 0 Å². The first-order chi connectivity index (χ1) is 11.0. The highest BCUT2D eigenvalue weighted by Crippen LogP contribution is 2.18. The molecule has 0 aliphatic heterocycles. The van der Waals surface area contributed by atoms with Crippen molar-refractivity contribution >= 4 is 22.5 Å². The van der Waals surface area contributed by atoms with Gasteiger partial charge in [0, 0.05) is 38.0 Å². The summed E-state index contributed by atoms with van der Waals surface area (Å²) in [6.45, 7) is 4.85. The molecule has 0 saturated heterocycles. The van der Waals surface area contributed by atoms with Crippen molar-refractivity contribution < 1.29 is 9.32 Å². The van der Waals surface area contributed by atoms with Crippen LogP contribution in [0.25, 0.3) is 0 Å². The molecule has 0 aliphatic carbocycles. The van der Waals surface area contributed by atoms with Crippen LogP contribution >= 0.6 is 11.3 Å². The lowest BCUT2D eigenvalue weighted by Crippen LogP contribution is -2.35. The van der Waals surface area contributed by atoms with Gasteiger partial charge in [0.1, 0.15) is 5.76 Å². The molecule has 2 rings (SSSR count). The fourth-order valence-corrected chi connectivity index (χ4v) is 2.88. The first kappa shape index (κ1) is 17.3. The van der Waals surface area contributed by atoms with Crippen LogP contribution in [0.3, 0.4) is 0 Å². The van der Waals surface area contributed by atoms with E-state index in [1.54, 1.807) is 11.3 Å². The molecular formula is C15H23N5O2S. The molecule has 2 aromatic rings. The minimum absolute atomic E-state index is 0.227. The van der Waals surface area contributed by atoms with Crippen molar-refractivity contribution in [2.75, 3.05) is 19.0 Å². The van der Waals surface area contributed by atoms with E-state index >= 15 is 0 Å². The molecule has 7 nitrogen and oxygen atoms in total. The minimum atomic E-state index is -0.227. The maximum absolute atomic E-state index is 11.9. The van der Waals surface area contributed by atoms with Gasteiger partial charge in [0.15, 0.2) is 5.13 Å². The van der Waals surface area contributed by atoms with E-state index in [0.29, 0.717) is 13.1 Å². The van der Waals surface area contributed by atoms with Crippen LogP contribution < -0.4 is 15.5 Å². The number of carbonyl (C=O) groups is 1. The Morgan fingerprint density at radius 2 is 2.00 bits per heavy atom. The van der Waals surface area contributed by atoms with E-state index in [4.69, 9.17) is 4.52 Å². The topological polar surface area (TPSA) is 83.3 Å². The summed E-state index contributed by atoms with van der Waals surface area (Å²) in [5, 5.41) is 12.6. The quantitative estimate of drug-likeness (QED) is 0.810. The number of carbonyl (C=O) groups excluding carboxylic acids is 1. The van der Waals surface area contributed by atoms with Crippen LogP contribution in [0.15, 0.2) is 9.90 Å². The third-order valence-electron chi connectivity index (χ3n) is 3.38. The number of rotatable bonds is 7. The van der Waals surface area contributed by atoms with Gasteiger partial charge in [-0.2, -0.15) is 0 Å². The van der Waals surface area contributed by atoms with E-state index in [1.165, 1.54) is 0 Å². The minimum Gasteiger partial charge on any atom is -0.361 e. The van der Waals surface area contributed by atoms with E-state index in [-0.39, 0.29) is 6.03 Å². The third kappa shape index (κ3) is 4.44. The highest BCUT2D eigenvalue weighted by molar-refractivity contribution is 7.13. The number of aromatic nitrogens is 2. The molecular weight excluding hydrogens is 314 g/mol. The van der Waals surface area contributed by atoms with E-state index in [9.17, 15) is 4.79 Å². The fourth-order valence-electron chi connectivity index (χ4n) is 2.12. The van der Waals surface area contributed by atoms with E-state index in [2.05, 4.69) is 20.8 Å². The number of amides is 2. The third-order valence-corrected chi connectivity index (χ3v) is 4.44. The molecule has 0 atom stereocenters. The Hall–Kier alpha value is -2.09. The second kappa shape index (κ2) is 7.96. The first-order valence-electron chi connectivity index (χ1n) is 7.64. The van der Waals surface area contributed by atoms with Gasteiger partial charge in [0.05, 0.1) is 17.9 Å². The normalized spacial score (nSPS) is 10.6. The molecule has 2 N–H and O–H groups in total. The van der Waals surface area contributed by atoms with Crippen LogP contribution in [0.4, 0.5) is 9.93 Å². The summed E-state index contributed by atoms with van der Waals surface area (Å²) in [5.74, 6) is 0.831. The highest BCUT2D eigenvalue weighted by Gasteiger charge is 2.14. The van der Waals surface area contributed by atoms with Gasteiger partial charge in [-0.1, -0.05) is 19.0 Å². The molecule has 0 fully saturated rings. The van der Waals surface area contributed by atoms with Gasteiger partial charge in [-0.05, 0) is 6.42 Å². The van der Waals surface area contributed by atoms with Crippen molar-refractivity contribution in [1.82, 2.24) is 20.8 Å². The van der Waals surface area contributed by atoms with Crippen LogP contribution in [0, 0.1) is 0 Å². The number of nitrogens with zero attached hydrogens (tertiary/aromatic N) is 3. The summed E-state index contributed by atoms with van der Waals surface area (Å²) in [4.78, 5) is 18.3. The van der Waals surface area contributed by atoms with Crippen LogP contribution in [0.1, 0.15) is 36.6 Å². The molecule has 2 heterocycles. The summed E-state index contributed by atoms with van der Waals surface area (Å²) in [5.41, 5.74) is 2.73. The number of urea groups is 1. The summed E-state index contributed by atoms with van der Waals surface area (Å²) < 4.78 is 5.29. The van der Waals surface area contributed by atoms with Crippen molar-refractivity contribution in [1.29, 1.82) is 0 Å². The van der Waals surface area contributed by atoms with E-state index in [0.717, 1.165) is 40.7 Å². The lowest BCUT2D eigenvalue weighted by molar-refractivity contribution is 0.240. The molecule has 2 amide bonds. The maximum atomic E-state index is 11.9. The van der Waals surface area contributed by atoms with E-state index in [1.807, 2.05) is 38.2 Å². The van der Waals surface area contributed by atoms with Crippen LogP contribution in [-0.4, -0.2) is 30.3 Å². The smallest absolute Gasteiger partial charge is 0.315 e. The zero-order chi connectivity index (χ0) is 16.8. The lowest BCUT2D eigenvalue weighted by atomic mass is 10.1. The van der Waals surface area contributed by atoms with Gasteiger partial charge in [-0.15, -0.1) is 11.3 Å². The first-order valence-corrected chi connectivity index (χ1v) is 8.52. The number of aryl methyl sites for hydroxylation is 2. The average molecular weight is 337 g/mol. The number of anilines is 1. The van der Waals surface area contributed by atoms with Gasteiger partial charge in [0.25, 0.3) is 0 Å².